The highest BCUT2D eigenvalue weighted by molar-refractivity contribution is 6.09. The third-order valence-electron chi connectivity index (χ3n) is 6.74. The van der Waals surface area contributed by atoms with Gasteiger partial charge in [0, 0.05) is 23.5 Å². The molecule has 0 saturated heterocycles. The Labute approximate surface area is 201 Å². The van der Waals surface area contributed by atoms with Gasteiger partial charge in [0.05, 0.1) is 5.71 Å². The summed E-state index contributed by atoms with van der Waals surface area (Å²) in [5.74, 6) is -0.388. The third kappa shape index (κ3) is 4.21. The molecule has 34 heavy (non-hydrogen) atoms. The van der Waals surface area contributed by atoms with E-state index >= 15 is 0 Å². The molecular formula is C30H31NO3. The van der Waals surface area contributed by atoms with E-state index in [0.717, 1.165) is 36.8 Å². The van der Waals surface area contributed by atoms with E-state index < -0.39 is 5.97 Å². The van der Waals surface area contributed by atoms with Crippen LogP contribution in [0.25, 0.3) is 11.1 Å². The van der Waals surface area contributed by atoms with Crippen LogP contribution in [0.4, 0.5) is 0 Å². The monoisotopic (exact) mass is 453 g/mol. The summed E-state index contributed by atoms with van der Waals surface area (Å²) in [4.78, 5) is 29.4. The molecule has 0 bridgehead atoms. The van der Waals surface area contributed by atoms with Gasteiger partial charge in [-0.1, -0.05) is 86.4 Å². The van der Waals surface area contributed by atoms with Crippen LogP contribution < -0.4 is 0 Å². The second-order valence-electron chi connectivity index (χ2n) is 9.06. The molecule has 1 aliphatic carbocycles. The fraction of sp³-hybridized carbons (Fsp3) is 0.300. The maximum absolute atomic E-state index is 13.3. The second kappa shape index (κ2) is 9.76. The molecule has 0 atom stereocenters. The molecule has 0 spiro atoms. The average Bonchev–Trinajstić information content (AvgIpc) is 3.11. The summed E-state index contributed by atoms with van der Waals surface area (Å²) in [5, 5.41) is 4.00. The van der Waals surface area contributed by atoms with Crippen molar-refractivity contribution in [3.8, 4) is 11.1 Å². The first-order valence-electron chi connectivity index (χ1n) is 12.0. The van der Waals surface area contributed by atoms with Crippen molar-refractivity contribution in [2.75, 3.05) is 0 Å². The lowest BCUT2D eigenvalue weighted by Gasteiger charge is -2.32. The van der Waals surface area contributed by atoms with Crippen LogP contribution in [0, 0.1) is 0 Å². The van der Waals surface area contributed by atoms with Crippen molar-refractivity contribution in [1.82, 2.24) is 0 Å². The molecule has 4 heteroatoms. The molecule has 3 aromatic carbocycles. The van der Waals surface area contributed by atoms with Crippen LogP contribution in [-0.4, -0.2) is 17.5 Å². The number of nitrogens with zero attached hydrogens (tertiary/aromatic N) is 1. The van der Waals surface area contributed by atoms with Crippen molar-refractivity contribution in [1.29, 1.82) is 0 Å². The lowest BCUT2D eigenvalue weighted by molar-refractivity contribution is -0.140. The van der Waals surface area contributed by atoms with E-state index in [0.29, 0.717) is 11.3 Å². The number of carbonyl (C=O) groups excluding carboxylic acids is 2. The van der Waals surface area contributed by atoms with Crippen LogP contribution in [0.15, 0.2) is 71.9 Å². The number of fused-ring (bicyclic) bond motifs is 3. The van der Waals surface area contributed by atoms with Crippen LogP contribution >= 0.6 is 0 Å². The van der Waals surface area contributed by atoms with Gasteiger partial charge < -0.3 is 4.84 Å². The van der Waals surface area contributed by atoms with Crippen molar-refractivity contribution >= 4 is 17.5 Å². The van der Waals surface area contributed by atoms with Crippen molar-refractivity contribution in [2.24, 2.45) is 5.16 Å². The molecule has 174 valence electrons. The first kappa shape index (κ1) is 23.6. The van der Waals surface area contributed by atoms with E-state index in [-0.39, 0.29) is 11.2 Å². The number of benzene rings is 3. The molecule has 0 fully saturated rings. The summed E-state index contributed by atoms with van der Waals surface area (Å²) in [6.45, 7) is 7.62. The summed E-state index contributed by atoms with van der Waals surface area (Å²) in [7, 11) is 0. The highest BCUT2D eigenvalue weighted by atomic mass is 16.7. The van der Waals surface area contributed by atoms with Gasteiger partial charge >= 0.3 is 5.97 Å². The SMILES string of the molecule is CCCC1(CCC)c2cc(C(=O)c3ccccc3)ccc2-c2ccc(/C(C)=N\OC(C)=O)cc21. The zero-order valence-corrected chi connectivity index (χ0v) is 20.4. The van der Waals surface area contributed by atoms with Gasteiger partial charge in [0.2, 0.25) is 0 Å². The van der Waals surface area contributed by atoms with E-state index in [1.54, 1.807) is 0 Å². The zero-order chi connectivity index (χ0) is 24.3. The summed E-state index contributed by atoms with van der Waals surface area (Å²) in [6.07, 6.45) is 4.04. The average molecular weight is 454 g/mol. The van der Waals surface area contributed by atoms with Crippen LogP contribution in [0.2, 0.25) is 0 Å². The number of hydrogen-bond acceptors (Lipinski definition) is 4. The fourth-order valence-electron chi connectivity index (χ4n) is 5.32. The quantitative estimate of drug-likeness (QED) is 0.159. The molecule has 0 saturated carbocycles. The standard InChI is InChI=1S/C30H31NO3/c1-5-16-30(17-6-2)27-18-23(20(3)31-34-21(4)32)12-14-25(27)26-15-13-24(19-28(26)30)29(33)22-10-8-7-9-11-22/h7-15,18-19H,5-6,16-17H2,1-4H3/b31-20-. The first-order valence-corrected chi connectivity index (χ1v) is 12.0. The van der Waals surface area contributed by atoms with E-state index in [1.807, 2.05) is 49.4 Å². The molecule has 0 N–H and O–H groups in total. The Morgan fingerprint density at radius 1 is 0.765 bits per heavy atom. The maximum atomic E-state index is 13.3. The molecule has 0 aromatic heterocycles. The predicted molar refractivity (Wildman–Crippen MR) is 136 cm³/mol. The number of rotatable bonds is 8. The van der Waals surface area contributed by atoms with E-state index in [1.165, 1.54) is 29.2 Å². The summed E-state index contributed by atoms with van der Waals surface area (Å²) in [6, 6.07) is 22.0. The van der Waals surface area contributed by atoms with Gasteiger partial charge in [-0.15, -0.1) is 0 Å². The highest BCUT2D eigenvalue weighted by Gasteiger charge is 2.42. The van der Waals surface area contributed by atoms with E-state index in [4.69, 9.17) is 4.84 Å². The Morgan fingerprint density at radius 2 is 1.32 bits per heavy atom. The van der Waals surface area contributed by atoms with Crippen molar-refractivity contribution < 1.29 is 14.4 Å². The molecule has 4 nitrogen and oxygen atoms in total. The van der Waals surface area contributed by atoms with E-state index in [2.05, 4.69) is 43.3 Å². The predicted octanol–water partition coefficient (Wildman–Crippen LogP) is 7.07. The molecule has 3 aromatic rings. The Morgan fingerprint density at radius 3 is 1.88 bits per heavy atom. The number of carbonyl (C=O) groups is 2. The summed E-state index contributed by atoms with van der Waals surface area (Å²) < 4.78 is 0. The molecule has 1 aliphatic rings. The number of hydrogen-bond donors (Lipinski definition) is 0. The Kier molecular flexibility index (Phi) is 6.78. The van der Waals surface area contributed by atoms with Gasteiger partial charge in [0.15, 0.2) is 5.78 Å². The van der Waals surface area contributed by atoms with Gasteiger partial charge in [0.25, 0.3) is 0 Å². The topological polar surface area (TPSA) is 55.7 Å². The smallest absolute Gasteiger partial charge is 0.318 e. The molecule has 0 heterocycles. The largest absolute Gasteiger partial charge is 0.331 e. The molecule has 0 aliphatic heterocycles. The van der Waals surface area contributed by atoms with Crippen molar-refractivity contribution in [3.63, 3.8) is 0 Å². The maximum Gasteiger partial charge on any atom is 0.331 e. The fourth-order valence-corrected chi connectivity index (χ4v) is 5.32. The highest BCUT2D eigenvalue weighted by Crippen LogP contribution is 2.54. The summed E-state index contributed by atoms with van der Waals surface area (Å²) >= 11 is 0. The van der Waals surface area contributed by atoms with Crippen LogP contribution in [-0.2, 0) is 15.0 Å². The van der Waals surface area contributed by atoms with Crippen molar-refractivity contribution in [2.45, 2.75) is 58.8 Å². The van der Waals surface area contributed by atoms with Gasteiger partial charge in [-0.25, -0.2) is 4.79 Å². The second-order valence-corrected chi connectivity index (χ2v) is 9.06. The van der Waals surface area contributed by atoms with Crippen LogP contribution in [0.5, 0.6) is 0 Å². The van der Waals surface area contributed by atoms with Crippen LogP contribution in [0.3, 0.4) is 0 Å². The zero-order valence-electron chi connectivity index (χ0n) is 20.4. The van der Waals surface area contributed by atoms with Gasteiger partial charge in [-0.2, -0.15) is 0 Å². The third-order valence-corrected chi connectivity index (χ3v) is 6.74. The lowest BCUT2D eigenvalue weighted by Crippen LogP contribution is -2.25. The number of oxime groups is 1. The Hall–Kier alpha value is -3.53. The lowest BCUT2D eigenvalue weighted by atomic mass is 9.71. The molecule has 4 rings (SSSR count). The Bertz CT molecular complexity index is 1250. The number of ketones is 1. The van der Waals surface area contributed by atoms with Gasteiger partial charge in [-0.05, 0) is 59.7 Å². The molecule has 0 unspecified atom stereocenters. The molecule has 0 amide bonds. The normalized spacial score (nSPS) is 13.8. The Balaban J connectivity index is 1.86. The van der Waals surface area contributed by atoms with E-state index in [9.17, 15) is 9.59 Å². The summed E-state index contributed by atoms with van der Waals surface area (Å²) in [5.41, 5.74) is 7.77. The van der Waals surface area contributed by atoms with Crippen molar-refractivity contribution in [3.05, 3.63) is 94.5 Å². The minimum Gasteiger partial charge on any atom is -0.318 e. The molecule has 0 radical (unpaired) electrons. The minimum absolute atomic E-state index is 0.0475. The van der Waals surface area contributed by atoms with Gasteiger partial charge in [0.1, 0.15) is 0 Å². The van der Waals surface area contributed by atoms with Gasteiger partial charge in [-0.3, -0.25) is 4.79 Å². The van der Waals surface area contributed by atoms with Crippen LogP contribution in [0.1, 0.15) is 86.0 Å². The first-order chi connectivity index (χ1) is 16.4. The minimum atomic E-state index is -0.435. The molecular weight excluding hydrogens is 422 g/mol.